The number of aromatic nitrogens is 2. The van der Waals surface area contributed by atoms with Crippen LogP contribution in [0.4, 0.5) is 5.69 Å². The molecule has 0 atom stereocenters. The van der Waals surface area contributed by atoms with Crippen molar-refractivity contribution in [3.8, 4) is 0 Å². The highest BCUT2D eigenvalue weighted by molar-refractivity contribution is 6.33. The van der Waals surface area contributed by atoms with E-state index < -0.39 is 0 Å². The summed E-state index contributed by atoms with van der Waals surface area (Å²) >= 11 is 6.29. The van der Waals surface area contributed by atoms with Crippen LogP contribution < -0.4 is 4.90 Å². The lowest BCUT2D eigenvalue weighted by Gasteiger charge is -2.36. The Labute approximate surface area is 143 Å². The van der Waals surface area contributed by atoms with Crippen molar-refractivity contribution in [1.82, 2.24) is 14.7 Å². The molecule has 1 saturated heterocycles. The van der Waals surface area contributed by atoms with Crippen LogP contribution in [-0.2, 0) is 6.54 Å². The van der Waals surface area contributed by atoms with Crippen molar-refractivity contribution in [1.29, 1.82) is 0 Å². The average Bonchev–Trinajstić information content (AvgIpc) is 3.09. The topological polar surface area (TPSA) is 24.3 Å². The maximum atomic E-state index is 6.29. The van der Waals surface area contributed by atoms with Crippen molar-refractivity contribution in [2.45, 2.75) is 25.8 Å². The van der Waals surface area contributed by atoms with Gasteiger partial charge in [0.15, 0.2) is 0 Å². The molecule has 3 rings (SSSR count). The quantitative estimate of drug-likeness (QED) is 0.725. The molecule has 0 N–H and O–H groups in total. The number of hydrogen-bond donors (Lipinski definition) is 0. The molecule has 1 aliphatic heterocycles. The fraction of sp³-hybridized carbons (Fsp3) is 0.500. The summed E-state index contributed by atoms with van der Waals surface area (Å²) in [5.74, 6) is 0. The molecule has 1 aliphatic rings. The summed E-state index contributed by atoms with van der Waals surface area (Å²) in [5, 5.41) is 5.10. The average molecular weight is 333 g/mol. The van der Waals surface area contributed by atoms with Gasteiger partial charge in [-0.3, -0.25) is 9.58 Å². The van der Waals surface area contributed by atoms with Gasteiger partial charge in [-0.1, -0.05) is 30.2 Å². The van der Waals surface area contributed by atoms with E-state index in [4.69, 9.17) is 11.6 Å². The normalized spacial score (nSPS) is 16.0. The molecule has 4 nitrogen and oxygen atoms in total. The first-order valence-electron chi connectivity index (χ1n) is 8.52. The lowest BCUT2D eigenvalue weighted by molar-refractivity contribution is 0.251. The number of para-hydroxylation sites is 1. The van der Waals surface area contributed by atoms with Gasteiger partial charge in [-0.15, -0.1) is 0 Å². The maximum absolute atomic E-state index is 6.29. The van der Waals surface area contributed by atoms with E-state index in [1.165, 1.54) is 31.5 Å². The largest absolute Gasteiger partial charge is 0.368 e. The van der Waals surface area contributed by atoms with Gasteiger partial charge >= 0.3 is 0 Å². The van der Waals surface area contributed by atoms with Crippen LogP contribution in [0, 0.1) is 0 Å². The smallest absolute Gasteiger partial charge is 0.0639 e. The Morgan fingerprint density at radius 3 is 2.43 bits per heavy atom. The Morgan fingerprint density at radius 2 is 1.70 bits per heavy atom. The van der Waals surface area contributed by atoms with Gasteiger partial charge in [-0.05, 0) is 37.6 Å². The van der Waals surface area contributed by atoms with Gasteiger partial charge in [-0.2, -0.15) is 5.10 Å². The van der Waals surface area contributed by atoms with Gasteiger partial charge in [0.05, 0.1) is 10.7 Å². The van der Waals surface area contributed by atoms with Crippen LogP contribution in [0.2, 0.25) is 5.02 Å². The molecule has 0 radical (unpaired) electrons. The molecule has 1 aromatic carbocycles. The number of anilines is 1. The molecule has 5 heteroatoms. The minimum Gasteiger partial charge on any atom is -0.368 e. The summed E-state index contributed by atoms with van der Waals surface area (Å²) in [6.45, 7) is 6.63. The van der Waals surface area contributed by atoms with Crippen LogP contribution in [0.5, 0.6) is 0 Å². The molecule has 0 bridgehead atoms. The minimum absolute atomic E-state index is 0.861. The first-order valence-corrected chi connectivity index (χ1v) is 8.90. The molecule has 0 unspecified atom stereocenters. The Morgan fingerprint density at radius 1 is 0.913 bits per heavy atom. The zero-order valence-corrected chi connectivity index (χ0v) is 14.3. The fourth-order valence-electron chi connectivity index (χ4n) is 3.14. The van der Waals surface area contributed by atoms with E-state index in [0.29, 0.717) is 0 Å². The monoisotopic (exact) mass is 332 g/mol. The van der Waals surface area contributed by atoms with Crippen LogP contribution in [0.1, 0.15) is 19.3 Å². The number of unbranched alkanes of at least 4 members (excludes halogenated alkanes) is 2. The van der Waals surface area contributed by atoms with Gasteiger partial charge in [0, 0.05) is 45.1 Å². The van der Waals surface area contributed by atoms with Crippen molar-refractivity contribution < 1.29 is 0 Å². The molecular formula is C18H25ClN4. The maximum Gasteiger partial charge on any atom is 0.0639 e. The van der Waals surface area contributed by atoms with Gasteiger partial charge in [-0.25, -0.2) is 0 Å². The molecular weight excluding hydrogens is 308 g/mol. The zero-order chi connectivity index (χ0) is 15.9. The third-order valence-corrected chi connectivity index (χ3v) is 4.81. The van der Waals surface area contributed by atoms with Crippen LogP contribution in [0.15, 0.2) is 42.7 Å². The molecule has 1 fully saturated rings. The Bertz CT molecular complexity index is 576. The van der Waals surface area contributed by atoms with Crippen molar-refractivity contribution in [2.75, 3.05) is 37.6 Å². The summed E-state index contributed by atoms with van der Waals surface area (Å²) in [4.78, 5) is 4.97. The predicted molar refractivity (Wildman–Crippen MR) is 96.2 cm³/mol. The SMILES string of the molecule is Clc1ccccc1N1CCN(CCCCCn2cccn2)CC1. The molecule has 1 aromatic heterocycles. The van der Waals surface area contributed by atoms with Gasteiger partial charge in [0.2, 0.25) is 0 Å². The first kappa shape index (κ1) is 16.3. The number of benzene rings is 1. The van der Waals surface area contributed by atoms with E-state index in [2.05, 4.69) is 27.0 Å². The molecule has 0 aliphatic carbocycles. The molecule has 0 spiro atoms. The molecule has 0 saturated carbocycles. The number of piperazine rings is 1. The van der Waals surface area contributed by atoms with Crippen LogP contribution >= 0.6 is 11.6 Å². The number of aryl methyl sites for hydroxylation is 1. The summed E-state index contributed by atoms with van der Waals surface area (Å²) in [6, 6.07) is 10.1. The second kappa shape index (κ2) is 8.37. The fourth-order valence-corrected chi connectivity index (χ4v) is 3.39. The van der Waals surface area contributed by atoms with E-state index in [1.807, 2.05) is 35.3 Å². The third kappa shape index (κ3) is 4.72. The molecule has 124 valence electrons. The molecule has 2 heterocycles. The van der Waals surface area contributed by atoms with Gasteiger partial charge in [0.1, 0.15) is 0 Å². The van der Waals surface area contributed by atoms with Crippen LogP contribution in [0.3, 0.4) is 0 Å². The van der Waals surface area contributed by atoms with E-state index in [0.717, 1.165) is 37.7 Å². The van der Waals surface area contributed by atoms with E-state index in [1.54, 1.807) is 0 Å². The lowest BCUT2D eigenvalue weighted by Crippen LogP contribution is -2.46. The highest BCUT2D eigenvalue weighted by Gasteiger charge is 2.18. The van der Waals surface area contributed by atoms with Crippen LogP contribution in [-0.4, -0.2) is 47.4 Å². The number of nitrogens with zero attached hydrogens (tertiary/aromatic N) is 4. The Kier molecular flexibility index (Phi) is 5.94. The van der Waals surface area contributed by atoms with E-state index >= 15 is 0 Å². The highest BCUT2D eigenvalue weighted by atomic mass is 35.5. The Hall–Kier alpha value is -1.52. The number of halogens is 1. The second-order valence-corrected chi connectivity index (χ2v) is 6.52. The zero-order valence-electron chi connectivity index (χ0n) is 13.6. The summed E-state index contributed by atoms with van der Waals surface area (Å²) < 4.78 is 2.02. The first-order chi connectivity index (χ1) is 11.3. The number of rotatable bonds is 7. The van der Waals surface area contributed by atoms with Crippen molar-refractivity contribution >= 4 is 17.3 Å². The standard InChI is InChI=1S/C18H25ClN4/c19-17-7-2-3-8-18(17)22-15-13-21(14-16-22)10-4-1-5-11-23-12-6-9-20-23/h2-3,6-9,12H,1,4-5,10-11,13-16H2. The third-order valence-electron chi connectivity index (χ3n) is 4.49. The molecule has 0 amide bonds. The second-order valence-electron chi connectivity index (χ2n) is 6.11. The van der Waals surface area contributed by atoms with Crippen molar-refractivity contribution in [3.63, 3.8) is 0 Å². The van der Waals surface area contributed by atoms with Gasteiger partial charge in [0.25, 0.3) is 0 Å². The van der Waals surface area contributed by atoms with Crippen LogP contribution in [0.25, 0.3) is 0 Å². The summed E-state index contributed by atoms with van der Waals surface area (Å²) in [6.07, 6.45) is 7.63. The van der Waals surface area contributed by atoms with Crippen molar-refractivity contribution in [2.24, 2.45) is 0 Å². The van der Waals surface area contributed by atoms with Gasteiger partial charge < -0.3 is 4.90 Å². The highest BCUT2D eigenvalue weighted by Crippen LogP contribution is 2.26. The van der Waals surface area contributed by atoms with E-state index in [9.17, 15) is 0 Å². The predicted octanol–water partition coefficient (Wildman–Crippen LogP) is 3.53. The van der Waals surface area contributed by atoms with Crippen molar-refractivity contribution in [3.05, 3.63) is 47.7 Å². The summed E-state index contributed by atoms with van der Waals surface area (Å²) in [7, 11) is 0. The number of hydrogen-bond acceptors (Lipinski definition) is 3. The van der Waals surface area contributed by atoms with E-state index in [-0.39, 0.29) is 0 Å². The minimum atomic E-state index is 0.861. The molecule has 23 heavy (non-hydrogen) atoms. The molecule has 2 aromatic rings. The Balaban J connectivity index is 1.32. The lowest BCUT2D eigenvalue weighted by atomic mass is 10.2. The summed E-state index contributed by atoms with van der Waals surface area (Å²) in [5.41, 5.74) is 1.17.